The highest BCUT2D eigenvalue weighted by atomic mass is 19.1. The Labute approximate surface area is 209 Å². The molecule has 0 fully saturated rings. The average molecular weight is 509 g/mol. The largest absolute Gasteiger partial charge is 0.465 e. The quantitative estimate of drug-likeness (QED) is 0.376. The number of nitrogens with zero attached hydrogens (tertiary/aromatic N) is 3. The Morgan fingerprint density at radius 2 is 1.68 bits per heavy atom. The molecule has 4 heterocycles. The summed E-state index contributed by atoms with van der Waals surface area (Å²) in [7, 11) is 2.54. The molecule has 0 saturated heterocycles. The standard InChI is InChI=1S/C18H13FN2O4.C8H8FNO2/c1-24-18(23)12-4-2-3-10-5-11(25-16(10)12)8-21-9-14-13(17(21)22)6-20-7-15(14)19;1-5-6(8(11)12-2)3-10-4-7(5)9/h2-7H,8-9H2,1H3;3-4H,1-2H3. The second-order valence-electron chi connectivity index (χ2n) is 8.02. The number of carbonyl (C=O) groups excluding carboxylic acids is 3. The number of pyridine rings is 2. The maximum absolute atomic E-state index is 13.8. The van der Waals surface area contributed by atoms with Crippen LogP contribution in [0.1, 0.15) is 48.0 Å². The first kappa shape index (κ1) is 25.4. The van der Waals surface area contributed by atoms with Crippen LogP contribution in [0.4, 0.5) is 8.78 Å². The van der Waals surface area contributed by atoms with Crippen molar-refractivity contribution >= 4 is 28.8 Å². The van der Waals surface area contributed by atoms with E-state index in [-0.39, 0.29) is 35.7 Å². The Morgan fingerprint density at radius 1 is 1.00 bits per heavy atom. The molecule has 0 radical (unpaired) electrons. The number of benzene rings is 1. The van der Waals surface area contributed by atoms with E-state index in [1.807, 2.05) is 0 Å². The molecule has 0 N–H and O–H groups in total. The van der Waals surface area contributed by atoms with Crippen molar-refractivity contribution in [3.8, 4) is 0 Å². The van der Waals surface area contributed by atoms with E-state index in [4.69, 9.17) is 9.15 Å². The van der Waals surface area contributed by atoms with Gasteiger partial charge in [-0.25, -0.2) is 18.4 Å². The summed E-state index contributed by atoms with van der Waals surface area (Å²) in [6, 6.07) is 6.90. The number of fused-ring (bicyclic) bond motifs is 2. The van der Waals surface area contributed by atoms with E-state index in [0.717, 1.165) is 17.8 Å². The smallest absolute Gasteiger partial charge is 0.341 e. The number of furan rings is 1. The van der Waals surface area contributed by atoms with Gasteiger partial charge in [0.15, 0.2) is 0 Å². The fourth-order valence-corrected chi connectivity index (χ4v) is 3.84. The molecule has 0 bridgehead atoms. The van der Waals surface area contributed by atoms with Crippen LogP contribution >= 0.6 is 0 Å². The zero-order valence-corrected chi connectivity index (χ0v) is 20.1. The molecule has 1 aromatic carbocycles. The molecule has 37 heavy (non-hydrogen) atoms. The first-order valence-corrected chi connectivity index (χ1v) is 10.9. The zero-order chi connectivity index (χ0) is 26.7. The van der Waals surface area contributed by atoms with Crippen molar-refractivity contribution in [2.75, 3.05) is 14.2 Å². The SMILES string of the molecule is COC(=O)c1cccc2cc(CN3Cc4c(F)cncc4C3=O)oc12.COC(=O)c1cncc(F)c1C. The van der Waals surface area contributed by atoms with E-state index in [2.05, 4.69) is 14.7 Å². The highest BCUT2D eigenvalue weighted by Gasteiger charge is 2.31. The Kier molecular flexibility index (Phi) is 7.23. The monoisotopic (exact) mass is 509 g/mol. The van der Waals surface area contributed by atoms with Gasteiger partial charge in [-0.3, -0.25) is 14.8 Å². The van der Waals surface area contributed by atoms with E-state index in [1.54, 1.807) is 24.3 Å². The molecule has 0 atom stereocenters. The van der Waals surface area contributed by atoms with Crippen molar-refractivity contribution in [3.05, 3.63) is 94.3 Å². The lowest BCUT2D eigenvalue weighted by molar-refractivity contribution is 0.0591. The highest BCUT2D eigenvalue weighted by molar-refractivity contribution is 6.02. The summed E-state index contributed by atoms with van der Waals surface area (Å²) in [4.78, 5) is 43.9. The molecule has 0 saturated carbocycles. The molecule has 4 aromatic rings. The summed E-state index contributed by atoms with van der Waals surface area (Å²) < 4.78 is 41.5. The van der Waals surface area contributed by atoms with Crippen LogP contribution < -0.4 is 0 Å². The summed E-state index contributed by atoms with van der Waals surface area (Å²) in [6.07, 6.45) is 4.81. The van der Waals surface area contributed by atoms with Crippen molar-refractivity contribution in [2.45, 2.75) is 20.0 Å². The highest BCUT2D eigenvalue weighted by Crippen LogP contribution is 2.29. The molecule has 0 spiro atoms. The number of para-hydroxylation sites is 1. The van der Waals surface area contributed by atoms with Crippen LogP contribution in [0.15, 0.2) is 53.5 Å². The third-order valence-electron chi connectivity index (χ3n) is 5.78. The van der Waals surface area contributed by atoms with Gasteiger partial charge in [-0.05, 0) is 19.1 Å². The predicted molar refractivity (Wildman–Crippen MR) is 126 cm³/mol. The maximum Gasteiger partial charge on any atom is 0.341 e. The minimum atomic E-state index is -0.570. The summed E-state index contributed by atoms with van der Waals surface area (Å²) in [5.74, 6) is -1.86. The van der Waals surface area contributed by atoms with E-state index >= 15 is 0 Å². The Balaban J connectivity index is 0.000000225. The van der Waals surface area contributed by atoms with Gasteiger partial charge in [0.25, 0.3) is 5.91 Å². The van der Waals surface area contributed by atoms with Gasteiger partial charge in [-0.2, -0.15) is 0 Å². The Bertz CT molecular complexity index is 1520. The Hall–Kier alpha value is -4.67. The number of hydrogen-bond acceptors (Lipinski definition) is 8. The normalized spacial score (nSPS) is 12.1. The lowest BCUT2D eigenvalue weighted by Gasteiger charge is -2.13. The number of rotatable bonds is 4. The van der Waals surface area contributed by atoms with Gasteiger partial charge in [-0.15, -0.1) is 0 Å². The zero-order valence-electron chi connectivity index (χ0n) is 20.1. The van der Waals surface area contributed by atoms with E-state index in [1.165, 1.54) is 38.4 Å². The molecule has 3 aromatic heterocycles. The van der Waals surface area contributed by atoms with Gasteiger partial charge in [-0.1, -0.05) is 12.1 Å². The van der Waals surface area contributed by atoms with Crippen molar-refractivity contribution in [3.63, 3.8) is 0 Å². The van der Waals surface area contributed by atoms with Crippen LogP contribution in [0.25, 0.3) is 11.0 Å². The number of esters is 2. The number of methoxy groups -OCH3 is 2. The van der Waals surface area contributed by atoms with Crippen LogP contribution in [0.2, 0.25) is 0 Å². The van der Waals surface area contributed by atoms with Gasteiger partial charge < -0.3 is 18.8 Å². The van der Waals surface area contributed by atoms with Crippen molar-refractivity contribution in [1.29, 1.82) is 0 Å². The minimum absolute atomic E-state index is 0.156. The van der Waals surface area contributed by atoms with Crippen molar-refractivity contribution < 1.29 is 37.1 Å². The number of carbonyl (C=O) groups is 3. The number of hydrogen-bond donors (Lipinski definition) is 0. The summed E-state index contributed by atoms with van der Waals surface area (Å²) in [5.41, 5.74) is 1.76. The molecule has 190 valence electrons. The van der Waals surface area contributed by atoms with Crippen molar-refractivity contribution in [2.24, 2.45) is 0 Å². The number of amides is 1. The molecule has 1 aliphatic heterocycles. The molecule has 9 nitrogen and oxygen atoms in total. The fourth-order valence-electron chi connectivity index (χ4n) is 3.84. The number of halogens is 2. The second-order valence-corrected chi connectivity index (χ2v) is 8.02. The fraction of sp³-hybridized carbons (Fsp3) is 0.192. The van der Waals surface area contributed by atoms with Gasteiger partial charge in [0, 0.05) is 28.9 Å². The second kappa shape index (κ2) is 10.5. The molecule has 1 aliphatic rings. The molecule has 0 unspecified atom stereocenters. The van der Waals surface area contributed by atoms with Crippen LogP contribution in [0.3, 0.4) is 0 Å². The Morgan fingerprint density at radius 3 is 2.38 bits per heavy atom. The molecule has 11 heteroatoms. The predicted octanol–water partition coefficient (Wildman–Crippen LogP) is 4.23. The van der Waals surface area contributed by atoms with Crippen LogP contribution in [-0.4, -0.2) is 46.9 Å². The minimum Gasteiger partial charge on any atom is -0.465 e. The summed E-state index contributed by atoms with van der Waals surface area (Å²) in [5, 5.41) is 0.731. The molecule has 1 amide bonds. The van der Waals surface area contributed by atoms with E-state index in [9.17, 15) is 23.2 Å². The summed E-state index contributed by atoms with van der Waals surface area (Å²) in [6.45, 7) is 1.83. The van der Waals surface area contributed by atoms with Gasteiger partial charge in [0.05, 0.1) is 50.8 Å². The molecule has 0 aliphatic carbocycles. The number of ether oxygens (including phenoxy) is 2. The summed E-state index contributed by atoms with van der Waals surface area (Å²) >= 11 is 0. The van der Waals surface area contributed by atoms with Crippen molar-refractivity contribution in [1.82, 2.24) is 14.9 Å². The lowest BCUT2D eigenvalue weighted by atomic mass is 10.1. The van der Waals surface area contributed by atoms with Crippen LogP contribution in [0.5, 0.6) is 0 Å². The van der Waals surface area contributed by atoms with E-state index in [0.29, 0.717) is 22.5 Å². The maximum atomic E-state index is 13.8. The van der Waals surface area contributed by atoms with Gasteiger partial charge >= 0.3 is 11.9 Å². The third kappa shape index (κ3) is 5.01. The molecular weight excluding hydrogens is 488 g/mol. The number of aromatic nitrogens is 2. The van der Waals surface area contributed by atoms with Gasteiger partial charge in [0.1, 0.15) is 28.5 Å². The van der Waals surface area contributed by atoms with Gasteiger partial charge in [0.2, 0.25) is 0 Å². The van der Waals surface area contributed by atoms with Crippen LogP contribution in [0, 0.1) is 18.6 Å². The first-order valence-electron chi connectivity index (χ1n) is 10.9. The third-order valence-corrected chi connectivity index (χ3v) is 5.78. The van der Waals surface area contributed by atoms with E-state index < -0.39 is 23.6 Å². The average Bonchev–Trinajstić information content (AvgIpc) is 3.46. The first-order chi connectivity index (χ1) is 17.7. The molecule has 5 rings (SSSR count). The lowest BCUT2D eigenvalue weighted by Crippen LogP contribution is -2.22. The molecular formula is C26H21F2N3O6. The van der Waals surface area contributed by atoms with Crippen LogP contribution in [-0.2, 0) is 22.6 Å². The topological polar surface area (TPSA) is 112 Å².